The Balaban J connectivity index is 2.91. The summed E-state index contributed by atoms with van der Waals surface area (Å²) in [5.41, 5.74) is 11.1. The Hall–Kier alpha value is -2.24. The molecule has 4 N–H and O–H groups in total. The highest BCUT2D eigenvalue weighted by Crippen LogP contribution is 2.27. The van der Waals surface area contributed by atoms with Crippen LogP contribution in [-0.4, -0.2) is 25.9 Å². The molecule has 0 saturated carbocycles. The predicted molar refractivity (Wildman–Crippen MR) is 67.6 cm³/mol. The topological polar surface area (TPSA) is 95.2 Å². The Kier molecular flexibility index (Phi) is 4.80. The van der Waals surface area contributed by atoms with Gasteiger partial charge in [-0.25, -0.2) is 0 Å². The molecule has 1 aromatic carbocycles. The lowest BCUT2D eigenvalue weighted by Crippen LogP contribution is -2.21. The van der Waals surface area contributed by atoms with Gasteiger partial charge in [-0.05, 0) is 30.7 Å². The summed E-state index contributed by atoms with van der Waals surface area (Å²) in [6.45, 7) is 2.46. The molecule has 92 valence electrons. The van der Waals surface area contributed by atoms with Gasteiger partial charge >= 0.3 is 0 Å². The van der Waals surface area contributed by atoms with Gasteiger partial charge in [-0.15, -0.1) is 5.10 Å². The first kappa shape index (κ1) is 12.8. The van der Waals surface area contributed by atoms with Gasteiger partial charge in [-0.2, -0.15) is 5.10 Å². The summed E-state index contributed by atoms with van der Waals surface area (Å²) in [5.74, 6) is 1.24. The third-order valence-electron chi connectivity index (χ3n) is 1.87. The van der Waals surface area contributed by atoms with E-state index in [2.05, 4.69) is 10.2 Å². The maximum atomic E-state index is 5.42. The van der Waals surface area contributed by atoms with E-state index in [-0.39, 0.29) is 5.96 Å². The van der Waals surface area contributed by atoms with E-state index < -0.39 is 0 Å². The lowest BCUT2D eigenvalue weighted by atomic mass is 10.2. The highest BCUT2D eigenvalue weighted by molar-refractivity contribution is 5.82. The molecule has 0 bridgehead atoms. The molecule has 0 aliphatic rings. The summed E-state index contributed by atoms with van der Waals surface area (Å²) >= 11 is 0. The fourth-order valence-electron chi connectivity index (χ4n) is 1.20. The third kappa shape index (κ3) is 4.02. The molecule has 1 aromatic rings. The van der Waals surface area contributed by atoms with Crippen molar-refractivity contribution in [3.8, 4) is 11.5 Å². The largest absolute Gasteiger partial charge is 0.493 e. The van der Waals surface area contributed by atoms with Crippen molar-refractivity contribution in [2.24, 2.45) is 21.7 Å². The number of nitrogens with zero attached hydrogens (tertiary/aromatic N) is 2. The molecule has 1 rings (SSSR count). The van der Waals surface area contributed by atoms with Gasteiger partial charge in [0.05, 0.1) is 19.9 Å². The van der Waals surface area contributed by atoms with Crippen molar-refractivity contribution < 1.29 is 9.47 Å². The second-order valence-electron chi connectivity index (χ2n) is 3.11. The first-order chi connectivity index (χ1) is 8.17. The number of benzene rings is 1. The molecular formula is C11H16N4O2. The minimum Gasteiger partial charge on any atom is -0.493 e. The Morgan fingerprint density at radius 3 is 2.71 bits per heavy atom. The van der Waals surface area contributed by atoms with Crippen LogP contribution in [-0.2, 0) is 0 Å². The van der Waals surface area contributed by atoms with Crippen LogP contribution in [0, 0.1) is 0 Å². The zero-order valence-corrected chi connectivity index (χ0v) is 9.88. The van der Waals surface area contributed by atoms with E-state index >= 15 is 0 Å². The molecule has 0 fully saturated rings. The van der Waals surface area contributed by atoms with Crippen molar-refractivity contribution >= 4 is 12.2 Å². The van der Waals surface area contributed by atoms with Crippen LogP contribution < -0.4 is 20.9 Å². The van der Waals surface area contributed by atoms with E-state index in [4.69, 9.17) is 20.9 Å². The quantitative estimate of drug-likeness (QED) is 0.447. The zero-order chi connectivity index (χ0) is 12.7. The van der Waals surface area contributed by atoms with Crippen LogP contribution in [0.2, 0.25) is 0 Å². The lowest BCUT2D eigenvalue weighted by molar-refractivity contribution is 0.311. The Labute approximate surface area is 99.9 Å². The minimum atomic E-state index is -0.0835. The summed E-state index contributed by atoms with van der Waals surface area (Å²) in [4.78, 5) is 0. The molecule has 17 heavy (non-hydrogen) atoms. The predicted octanol–water partition coefficient (Wildman–Crippen LogP) is 0.701. The molecular weight excluding hydrogens is 220 g/mol. The molecule has 0 amide bonds. The molecule has 0 spiro atoms. The average molecular weight is 236 g/mol. The van der Waals surface area contributed by atoms with E-state index in [1.807, 2.05) is 13.0 Å². The number of guanidine groups is 1. The summed E-state index contributed by atoms with van der Waals surface area (Å²) < 4.78 is 10.6. The van der Waals surface area contributed by atoms with Crippen LogP contribution in [0.5, 0.6) is 11.5 Å². The number of methoxy groups -OCH3 is 1. The van der Waals surface area contributed by atoms with Gasteiger partial charge in [-0.1, -0.05) is 0 Å². The average Bonchev–Trinajstić information content (AvgIpc) is 2.29. The van der Waals surface area contributed by atoms with Gasteiger partial charge < -0.3 is 20.9 Å². The van der Waals surface area contributed by atoms with Gasteiger partial charge in [0.25, 0.3) is 0 Å². The van der Waals surface area contributed by atoms with Crippen molar-refractivity contribution in [1.82, 2.24) is 0 Å². The minimum absolute atomic E-state index is 0.0835. The SMILES string of the molecule is CCOc1cc(/C=N/N=C(N)N)ccc1OC. The smallest absolute Gasteiger partial charge is 0.211 e. The van der Waals surface area contributed by atoms with E-state index in [0.717, 1.165) is 5.56 Å². The number of nitrogens with two attached hydrogens (primary N) is 2. The van der Waals surface area contributed by atoms with Crippen LogP contribution in [0.25, 0.3) is 0 Å². The molecule has 0 aliphatic carbocycles. The van der Waals surface area contributed by atoms with Crippen LogP contribution in [0.4, 0.5) is 0 Å². The van der Waals surface area contributed by atoms with Crippen molar-refractivity contribution in [3.05, 3.63) is 23.8 Å². The maximum Gasteiger partial charge on any atom is 0.211 e. The van der Waals surface area contributed by atoms with Gasteiger partial charge in [0.1, 0.15) is 0 Å². The van der Waals surface area contributed by atoms with E-state index in [0.29, 0.717) is 18.1 Å². The van der Waals surface area contributed by atoms with Gasteiger partial charge in [0, 0.05) is 0 Å². The van der Waals surface area contributed by atoms with Crippen molar-refractivity contribution in [2.75, 3.05) is 13.7 Å². The normalized spacial score (nSPS) is 10.2. The molecule has 0 atom stereocenters. The molecule has 0 heterocycles. The summed E-state index contributed by atoms with van der Waals surface area (Å²) in [7, 11) is 1.59. The second-order valence-corrected chi connectivity index (χ2v) is 3.11. The highest BCUT2D eigenvalue weighted by Gasteiger charge is 2.03. The van der Waals surface area contributed by atoms with Crippen molar-refractivity contribution in [2.45, 2.75) is 6.92 Å². The first-order valence-corrected chi connectivity index (χ1v) is 5.10. The zero-order valence-electron chi connectivity index (χ0n) is 9.88. The van der Waals surface area contributed by atoms with Gasteiger partial charge in [0.2, 0.25) is 5.96 Å². The van der Waals surface area contributed by atoms with Crippen LogP contribution in [0.15, 0.2) is 28.4 Å². The van der Waals surface area contributed by atoms with Crippen molar-refractivity contribution in [1.29, 1.82) is 0 Å². The number of rotatable bonds is 5. The maximum absolute atomic E-state index is 5.42. The van der Waals surface area contributed by atoms with Gasteiger partial charge in [0.15, 0.2) is 11.5 Å². The standard InChI is InChI=1S/C11H16N4O2/c1-3-17-10-6-8(4-5-9(10)16-2)7-14-15-11(12)13/h4-7H,3H2,1-2H3,(H4,12,13,15)/b14-7+. The van der Waals surface area contributed by atoms with Gasteiger partial charge in [-0.3, -0.25) is 0 Å². The molecule has 0 unspecified atom stereocenters. The van der Waals surface area contributed by atoms with E-state index in [1.165, 1.54) is 6.21 Å². The first-order valence-electron chi connectivity index (χ1n) is 5.10. The summed E-state index contributed by atoms with van der Waals surface area (Å²) in [5, 5.41) is 7.22. The Bertz CT molecular complexity index is 425. The lowest BCUT2D eigenvalue weighted by Gasteiger charge is -2.09. The highest BCUT2D eigenvalue weighted by atomic mass is 16.5. The summed E-state index contributed by atoms with van der Waals surface area (Å²) in [6, 6.07) is 5.42. The molecule has 0 aromatic heterocycles. The Morgan fingerprint density at radius 2 is 2.12 bits per heavy atom. The van der Waals surface area contributed by atoms with Crippen LogP contribution in [0.1, 0.15) is 12.5 Å². The third-order valence-corrected chi connectivity index (χ3v) is 1.87. The molecule has 6 heteroatoms. The fourth-order valence-corrected chi connectivity index (χ4v) is 1.20. The monoisotopic (exact) mass is 236 g/mol. The van der Waals surface area contributed by atoms with Crippen LogP contribution >= 0.6 is 0 Å². The summed E-state index contributed by atoms with van der Waals surface area (Å²) in [6.07, 6.45) is 1.53. The number of hydrogen-bond donors (Lipinski definition) is 2. The molecule has 0 saturated heterocycles. The Morgan fingerprint density at radius 1 is 1.35 bits per heavy atom. The van der Waals surface area contributed by atoms with Crippen LogP contribution in [0.3, 0.4) is 0 Å². The van der Waals surface area contributed by atoms with E-state index in [9.17, 15) is 0 Å². The molecule has 0 radical (unpaired) electrons. The van der Waals surface area contributed by atoms with E-state index in [1.54, 1.807) is 19.2 Å². The fraction of sp³-hybridized carbons (Fsp3) is 0.273. The second kappa shape index (κ2) is 6.37. The number of ether oxygens (including phenoxy) is 2. The van der Waals surface area contributed by atoms with Crippen molar-refractivity contribution in [3.63, 3.8) is 0 Å². The molecule has 6 nitrogen and oxygen atoms in total. The number of hydrogen-bond acceptors (Lipinski definition) is 4. The molecule has 0 aliphatic heterocycles.